The topological polar surface area (TPSA) is 38.0 Å². The van der Waals surface area contributed by atoms with Crippen molar-refractivity contribution in [2.24, 2.45) is 17.1 Å². The van der Waals surface area contributed by atoms with Gasteiger partial charge in [-0.25, -0.2) is 0 Å². The summed E-state index contributed by atoms with van der Waals surface area (Å²) >= 11 is 0. The Morgan fingerprint density at radius 3 is 2.50 bits per heavy atom. The molecule has 1 aliphatic rings. The van der Waals surface area contributed by atoms with Gasteiger partial charge in [0.1, 0.15) is 0 Å². The molecule has 0 amide bonds. The van der Waals surface area contributed by atoms with Crippen molar-refractivity contribution in [2.45, 2.75) is 46.0 Å². The molecule has 1 atom stereocenters. The smallest absolute Gasteiger partial charge is 0.000784 e. The lowest BCUT2D eigenvalue weighted by Gasteiger charge is -2.18. The third-order valence-electron chi connectivity index (χ3n) is 3.67. The van der Waals surface area contributed by atoms with Gasteiger partial charge in [0.2, 0.25) is 0 Å². The van der Waals surface area contributed by atoms with E-state index in [0.717, 1.165) is 13.1 Å². The average molecular weight is 198 g/mol. The monoisotopic (exact) mass is 198 g/mol. The first-order valence-electron chi connectivity index (χ1n) is 6.17. The van der Waals surface area contributed by atoms with Crippen LogP contribution in [0, 0.1) is 11.3 Å². The number of rotatable bonds is 8. The van der Waals surface area contributed by atoms with Crippen molar-refractivity contribution in [3.05, 3.63) is 0 Å². The fraction of sp³-hybridized carbons (Fsp3) is 1.00. The molecule has 1 rings (SSSR count). The van der Waals surface area contributed by atoms with E-state index in [1.54, 1.807) is 0 Å². The minimum absolute atomic E-state index is 0.672. The Morgan fingerprint density at radius 2 is 2.07 bits per heavy atom. The highest BCUT2D eigenvalue weighted by atomic mass is 14.9. The van der Waals surface area contributed by atoms with Crippen molar-refractivity contribution in [1.29, 1.82) is 0 Å². The first-order valence-corrected chi connectivity index (χ1v) is 6.17. The van der Waals surface area contributed by atoms with Crippen molar-refractivity contribution in [3.63, 3.8) is 0 Å². The molecule has 3 N–H and O–H groups in total. The van der Waals surface area contributed by atoms with Crippen LogP contribution in [0.4, 0.5) is 0 Å². The fourth-order valence-corrected chi connectivity index (χ4v) is 2.09. The zero-order valence-corrected chi connectivity index (χ0v) is 9.81. The molecule has 14 heavy (non-hydrogen) atoms. The largest absolute Gasteiger partial charge is 0.330 e. The summed E-state index contributed by atoms with van der Waals surface area (Å²) in [5.41, 5.74) is 6.39. The lowest BCUT2D eigenvalue weighted by Crippen LogP contribution is -2.32. The van der Waals surface area contributed by atoms with Crippen LogP contribution in [0.1, 0.15) is 46.0 Å². The molecular weight excluding hydrogens is 172 g/mol. The Morgan fingerprint density at radius 1 is 1.36 bits per heavy atom. The maximum atomic E-state index is 5.72. The SMILES string of the molecule is CCCC(CN)CNCC1(CC)CC1. The number of hydrogen-bond donors (Lipinski definition) is 2. The molecule has 0 aliphatic heterocycles. The first kappa shape index (κ1) is 12.0. The van der Waals surface area contributed by atoms with Gasteiger partial charge >= 0.3 is 0 Å². The van der Waals surface area contributed by atoms with Crippen LogP contribution in [0.2, 0.25) is 0 Å². The van der Waals surface area contributed by atoms with Crippen LogP contribution in [0.5, 0.6) is 0 Å². The second kappa shape index (κ2) is 5.72. The van der Waals surface area contributed by atoms with Gasteiger partial charge in [0, 0.05) is 6.54 Å². The maximum absolute atomic E-state index is 5.72. The van der Waals surface area contributed by atoms with Crippen molar-refractivity contribution in [1.82, 2.24) is 5.32 Å². The van der Waals surface area contributed by atoms with Crippen LogP contribution >= 0.6 is 0 Å². The van der Waals surface area contributed by atoms with Gasteiger partial charge in [-0.05, 0) is 50.1 Å². The molecular formula is C12H26N2. The summed E-state index contributed by atoms with van der Waals surface area (Å²) in [7, 11) is 0. The fourth-order valence-electron chi connectivity index (χ4n) is 2.09. The first-order chi connectivity index (χ1) is 6.76. The lowest BCUT2D eigenvalue weighted by atomic mass is 10.0. The summed E-state index contributed by atoms with van der Waals surface area (Å²) in [6, 6.07) is 0. The van der Waals surface area contributed by atoms with Gasteiger partial charge in [-0.1, -0.05) is 20.3 Å². The van der Waals surface area contributed by atoms with Crippen LogP contribution in [-0.4, -0.2) is 19.6 Å². The predicted molar refractivity (Wildman–Crippen MR) is 62.3 cm³/mol. The molecule has 0 spiro atoms. The summed E-state index contributed by atoms with van der Waals surface area (Å²) in [6.45, 7) is 7.70. The molecule has 1 fully saturated rings. The molecule has 0 saturated heterocycles. The molecule has 0 bridgehead atoms. The van der Waals surface area contributed by atoms with E-state index in [1.165, 1.54) is 38.6 Å². The Labute approximate surface area is 88.6 Å². The average Bonchev–Trinajstić information content (AvgIpc) is 2.97. The van der Waals surface area contributed by atoms with Gasteiger partial charge in [0.05, 0.1) is 0 Å². The molecule has 0 aromatic carbocycles. The van der Waals surface area contributed by atoms with Crippen LogP contribution in [0.3, 0.4) is 0 Å². The molecule has 2 heteroatoms. The van der Waals surface area contributed by atoms with Crippen LogP contribution in [0.15, 0.2) is 0 Å². The second-order valence-corrected chi connectivity index (χ2v) is 4.87. The predicted octanol–water partition coefficient (Wildman–Crippen LogP) is 2.14. The molecule has 2 nitrogen and oxygen atoms in total. The van der Waals surface area contributed by atoms with Crippen molar-refractivity contribution in [3.8, 4) is 0 Å². The summed E-state index contributed by atoms with van der Waals surface area (Å²) < 4.78 is 0. The normalized spacial score (nSPS) is 20.8. The molecule has 0 radical (unpaired) electrons. The van der Waals surface area contributed by atoms with Crippen LogP contribution in [0.25, 0.3) is 0 Å². The molecule has 1 unspecified atom stereocenters. The summed E-state index contributed by atoms with van der Waals surface area (Å²) in [5, 5.41) is 3.59. The van der Waals surface area contributed by atoms with Crippen LogP contribution in [-0.2, 0) is 0 Å². The maximum Gasteiger partial charge on any atom is 0.000784 e. The van der Waals surface area contributed by atoms with E-state index in [4.69, 9.17) is 5.73 Å². The minimum atomic E-state index is 0.672. The Hall–Kier alpha value is -0.0800. The highest BCUT2D eigenvalue weighted by Crippen LogP contribution is 2.47. The van der Waals surface area contributed by atoms with Gasteiger partial charge in [0.15, 0.2) is 0 Å². The highest BCUT2D eigenvalue weighted by molar-refractivity contribution is 4.93. The minimum Gasteiger partial charge on any atom is -0.330 e. The van der Waals surface area contributed by atoms with E-state index in [0.29, 0.717) is 11.3 Å². The molecule has 0 heterocycles. The quantitative estimate of drug-likeness (QED) is 0.627. The molecule has 1 saturated carbocycles. The van der Waals surface area contributed by atoms with Crippen LogP contribution < -0.4 is 11.1 Å². The molecule has 0 aromatic rings. The highest BCUT2D eigenvalue weighted by Gasteiger charge is 2.39. The van der Waals surface area contributed by atoms with E-state index < -0.39 is 0 Å². The zero-order valence-electron chi connectivity index (χ0n) is 9.81. The van der Waals surface area contributed by atoms with Crippen molar-refractivity contribution in [2.75, 3.05) is 19.6 Å². The summed E-state index contributed by atoms with van der Waals surface area (Å²) in [5.74, 6) is 0.688. The van der Waals surface area contributed by atoms with Gasteiger partial charge in [0.25, 0.3) is 0 Å². The van der Waals surface area contributed by atoms with Crippen molar-refractivity contribution >= 4 is 0 Å². The number of hydrogen-bond acceptors (Lipinski definition) is 2. The number of nitrogens with one attached hydrogen (secondary N) is 1. The van der Waals surface area contributed by atoms with Gasteiger partial charge in [-0.2, -0.15) is 0 Å². The number of nitrogens with two attached hydrogens (primary N) is 1. The van der Waals surface area contributed by atoms with E-state index in [2.05, 4.69) is 19.2 Å². The van der Waals surface area contributed by atoms with E-state index in [1.807, 2.05) is 0 Å². The standard InChI is InChI=1S/C12H26N2/c1-3-5-11(8-13)9-14-10-12(4-2)6-7-12/h11,14H,3-10,13H2,1-2H3. The van der Waals surface area contributed by atoms with E-state index >= 15 is 0 Å². The lowest BCUT2D eigenvalue weighted by molar-refractivity contribution is 0.393. The Balaban J connectivity index is 2.07. The second-order valence-electron chi connectivity index (χ2n) is 4.87. The van der Waals surface area contributed by atoms with Crippen molar-refractivity contribution < 1.29 is 0 Å². The molecule has 0 aromatic heterocycles. The van der Waals surface area contributed by atoms with Gasteiger partial charge in [-0.15, -0.1) is 0 Å². The summed E-state index contributed by atoms with van der Waals surface area (Å²) in [6.07, 6.45) is 6.71. The third kappa shape index (κ3) is 3.58. The van der Waals surface area contributed by atoms with E-state index in [-0.39, 0.29) is 0 Å². The van der Waals surface area contributed by atoms with E-state index in [9.17, 15) is 0 Å². The Kier molecular flexibility index (Phi) is 4.90. The third-order valence-corrected chi connectivity index (χ3v) is 3.67. The summed E-state index contributed by atoms with van der Waals surface area (Å²) in [4.78, 5) is 0. The molecule has 1 aliphatic carbocycles. The van der Waals surface area contributed by atoms with Gasteiger partial charge in [-0.3, -0.25) is 0 Å². The molecule has 84 valence electrons. The zero-order chi connectivity index (χ0) is 10.4. The Bertz CT molecular complexity index is 152. The van der Waals surface area contributed by atoms with Gasteiger partial charge < -0.3 is 11.1 Å².